The predicted octanol–water partition coefficient (Wildman–Crippen LogP) is 3.49. The van der Waals surface area contributed by atoms with E-state index in [1.54, 1.807) is 4.90 Å². The minimum atomic E-state index is -0.469. The van der Waals surface area contributed by atoms with E-state index >= 15 is 0 Å². The average Bonchev–Trinajstić information content (AvgIpc) is 2.36. The number of ether oxygens (including phenoxy) is 2. The lowest BCUT2D eigenvalue weighted by Crippen LogP contribution is -2.51. The molecule has 1 amide bonds. The Bertz CT molecular complexity index is 384. The van der Waals surface area contributed by atoms with Gasteiger partial charge in [0.05, 0.1) is 18.2 Å². The summed E-state index contributed by atoms with van der Waals surface area (Å²) in [5, 5.41) is 8.50. The Balaban J connectivity index is 2.43. The molecular formula is C16H28N2O3. The molecule has 5 nitrogen and oxygen atoms in total. The molecule has 1 fully saturated rings. The maximum absolute atomic E-state index is 12.1. The highest BCUT2D eigenvalue weighted by Gasteiger charge is 2.35. The van der Waals surface area contributed by atoms with Gasteiger partial charge in [0.15, 0.2) is 0 Å². The molecule has 120 valence electrons. The van der Waals surface area contributed by atoms with Gasteiger partial charge in [0.25, 0.3) is 0 Å². The van der Waals surface area contributed by atoms with Gasteiger partial charge < -0.3 is 14.4 Å². The van der Waals surface area contributed by atoms with Gasteiger partial charge in [-0.2, -0.15) is 5.26 Å². The Kier molecular flexibility index (Phi) is 6.47. The molecule has 0 saturated carbocycles. The van der Waals surface area contributed by atoms with E-state index in [0.717, 1.165) is 32.2 Å². The lowest BCUT2D eigenvalue weighted by molar-refractivity contribution is -0.0805. The number of piperidine rings is 1. The number of likely N-dealkylation sites (tertiary alicyclic amines) is 1. The maximum atomic E-state index is 12.1. The van der Waals surface area contributed by atoms with E-state index < -0.39 is 5.60 Å². The van der Waals surface area contributed by atoms with Crippen molar-refractivity contribution >= 4 is 6.09 Å². The number of rotatable bonds is 5. The van der Waals surface area contributed by atoms with Crippen LogP contribution in [-0.4, -0.2) is 41.9 Å². The van der Waals surface area contributed by atoms with Crippen LogP contribution in [0.15, 0.2) is 0 Å². The van der Waals surface area contributed by atoms with Crippen LogP contribution in [0.1, 0.15) is 59.8 Å². The predicted molar refractivity (Wildman–Crippen MR) is 80.9 cm³/mol. The summed E-state index contributed by atoms with van der Waals surface area (Å²) in [5.41, 5.74) is -0.773. The topological polar surface area (TPSA) is 62.6 Å². The van der Waals surface area contributed by atoms with Gasteiger partial charge in [-0.3, -0.25) is 0 Å². The molecule has 1 atom stereocenters. The van der Waals surface area contributed by atoms with Crippen molar-refractivity contribution in [1.82, 2.24) is 4.90 Å². The molecule has 0 aromatic rings. The summed E-state index contributed by atoms with van der Waals surface area (Å²) in [7, 11) is 0. The van der Waals surface area contributed by atoms with Gasteiger partial charge in [-0.25, -0.2) is 4.79 Å². The third-order valence-electron chi connectivity index (χ3n) is 3.44. The first kappa shape index (κ1) is 17.8. The van der Waals surface area contributed by atoms with Gasteiger partial charge >= 0.3 is 6.09 Å². The quantitative estimate of drug-likeness (QED) is 0.729. The van der Waals surface area contributed by atoms with E-state index in [1.807, 2.05) is 27.7 Å². The lowest BCUT2D eigenvalue weighted by Gasteiger charge is -2.40. The molecule has 0 spiro atoms. The van der Waals surface area contributed by atoms with Crippen molar-refractivity contribution in [1.29, 1.82) is 5.26 Å². The molecule has 1 unspecified atom stereocenters. The minimum absolute atomic E-state index is 0.262. The van der Waals surface area contributed by atoms with Gasteiger partial charge in [0, 0.05) is 19.6 Å². The Labute approximate surface area is 128 Å². The zero-order chi connectivity index (χ0) is 15.9. The van der Waals surface area contributed by atoms with E-state index in [9.17, 15) is 4.79 Å². The number of amides is 1. The highest BCUT2D eigenvalue weighted by molar-refractivity contribution is 5.68. The summed E-state index contributed by atoms with van der Waals surface area (Å²) < 4.78 is 11.4. The highest BCUT2D eigenvalue weighted by Crippen LogP contribution is 2.26. The summed E-state index contributed by atoms with van der Waals surface area (Å²) in [6, 6.07) is 2.13. The SMILES string of the molecule is CC(C)(C)OC(=O)N1CCCC(C)(OCCCCC#N)C1. The molecule has 1 aliphatic rings. The zero-order valence-electron chi connectivity index (χ0n) is 13.8. The van der Waals surface area contributed by atoms with Crippen LogP contribution in [0.3, 0.4) is 0 Å². The van der Waals surface area contributed by atoms with Crippen LogP contribution >= 0.6 is 0 Å². The Morgan fingerprint density at radius 2 is 2.10 bits per heavy atom. The average molecular weight is 296 g/mol. The fourth-order valence-electron chi connectivity index (χ4n) is 2.43. The van der Waals surface area contributed by atoms with Crippen LogP contribution in [0.4, 0.5) is 4.79 Å². The normalized spacial score (nSPS) is 22.7. The monoisotopic (exact) mass is 296 g/mol. The molecule has 0 N–H and O–H groups in total. The second kappa shape index (κ2) is 7.65. The summed E-state index contributed by atoms with van der Waals surface area (Å²) in [4.78, 5) is 13.9. The Hall–Kier alpha value is -1.28. The number of hydrogen-bond acceptors (Lipinski definition) is 4. The van der Waals surface area contributed by atoms with E-state index in [4.69, 9.17) is 14.7 Å². The van der Waals surface area contributed by atoms with E-state index in [2.05, 4.69) is 6.07 Å². The molecule has 0 bridgehead atoms. The second-order valence-electron chi connectivity index (χ2n) is 6.92. The van der Waals surface area contributed by atoms with Gasteiger partial charge in [-0.05, 0) is 53.4 Å². The summed E-state index contributed by atoms with van der Waals surface area (Å²) in [5.74, 6) is 0. The van der Waals surface area contributed by atoms with Crippen LogP contribution < -0.4 is 0 Å². The first-order valence-corrected chi connectivity index (χ1v) is 7.75. The Morgan fingerprint density at radius 3 is 2.71 bits per heavy atom. The van der Waals surface area contributed by atoms with Crippen LogP contribution in [0.2, 0.25) is 0 Å². The summed E-state index contributed by atoms with van der Waals surface area (Å²) in [6.45, 7) is 9.61. The van der Waals surface area contributed by atoms with Crippen molar-refractivity contribution in [2.75, 3.05) is 19.7 Å². The van der Waals surface area contributed by atoms with Crippen molar-refractivity contribution in [2.45, 2.75) is 71.0 Å². The van der Waals surface area contributed by atoms with Crippen molar-refractivity contribution < 1.29 is 14.3 Å². The number of hydrogen-bond donors (Lipinski definition) is 0. The number of carbonyl (C=O) groups excluding carboxylic acids is 1. The molecule has 0 aromatic heterocycles. The first-order chi connectivity index (χ1) is 9.76. The molecule has 1 heterocycles. The van der Waals surface area contributed by atoms with E-state index in [1.165, 1.54) is 0 Å². The highest BCUT2D eigenvalue weighted by atomic mass is 16.6. The molecule has 0 radical (unpaired) electrons. The number of nitrogens with zero attached hydrogens (tertiary/aromatic N) is 2. The minimum Gasteiger partial charge on any atom is -0.444 e. The molecule has 1 aliphatic heterocycles. The van der Waals surface area contributed by atoms with Gasteiger partial charge in [0.2, 0.25) is 0 Å². The fourth-order valence-corrected chi connectivity index (χ4v) is 2.43. The lowest BCUT2D eigenvalue weighted by atomic mass is 9.95. The van der Waals surface area contributed by atoms with E-state index in [0.29, 0.717) is 19.6 Å². The number of nitriles is 1. The molecular weight excluding hydrogens is 268 g/mol. The van der Waals surface area contributed by atoms with Crippen molar-refractivity contribution in [3.05, 3.63) is 0 Å². The molecule has 1 rings (SSSR count). The molecule has 0 aliphatic carbocycles. The summed E-state index contributed by atoms with van der Waals surface area (Å²) >= 11 is 0. The largest absolute Gasteiger partial charge is 0.444 e. The number of carbonyl (C=O) groups is 1. The second-order valence-corrected chi connectivity index (χ2v) is 6.92. The number of unbranched alkanes of at least 4 members (excludes halogenated alkanes) is 2. The van der Waals surface area contributed by atoms with Gasteiger partial charge in [0.1, 0.15) is 5.60 Å². The van der Waals surface area contributed by atoms with Gasteiger partial charge in [-0.15, -0.1) is 0 Å². The van der Waals surface area contributed by atoms with Crippen molar-refractivity contribution in [3.63, 3.8) is 0 Å². The molecule has 0 aromatic carbocycles. The molecule has 5 heteroatoms. The Morgan fingerprint density at radius 1 is 1.38 bits per heavy atom. The third-order valence-corrected chi connectivity index (χ3v) is 3.44. The molecule has 21 heavy (non-hydrogen) atoms. The van der Waals surface area contributed by atoms with Crippen LogP contribution in [0, 0.1) is 11.3 Å². The van der Waals surface area contributed by atoms with Crippen LogP contribution in [0.25, 0.3) is 0 Å². The fraction of sp³-hybridized carbons (Fsp3) is 0.875. The maximum Gasteiger partial charge on any atom is 0.410 e. The van der Waals surface area contributed by atoms with Crippen molar-refractivity contribution in [3.8, 4) is 6.07 Å². The van der Waals surface area contributed by atoms with Crippen LogP contribution in [0.5, 0.6) is 0 Å². The zero-order valence-corrected chi connectivity index (χ0v) is 13.8. The van der Waals surface area contributed by atoms with Crippen molar-refractivity contribution in [2.24, 2.45) is 0 Å². The van der Waals surface area contributed by atoms with E-state index in [-0.39, 0.29) is 11.7 Å². The first-order valence-electron chi connectivity index (χ1n) is 7.75. The molecule has 1 saturated heterocycles. The third kappa shape index (κ3) is 6.81. The summed E-state index contributed by atoms with van der Waals surface area (Å²) in [6.07, 6.45) is 3.93. The van der Waals surface area contributed by atoms with Gasteiger partial charge in [-0.1, -0.05) is 0 Å². The standard InChI is InChI=1S/C16H28N2O3/c1-15(2,3)21-14(19)18-11-8-9-16(4,13-18)20-12-7-5-6-10-17/h5-9,11-13H2,1-4H3. The van der Waals surface area contributed by atoms with Crippen LogP contribution in [-0.2, 0) is 9.47 Å². The smallest absolute Gasteiger partial charge is 0.410 e.